The first-order valence-corrected chi connectivity index (χ1v) is 8.68. The Morgan fingerprint density at radius 3 is 2.63 bits per heavy atom. The monoisotopic (exact) mass is 377 g/mol. The number of amides is 2. The highest BCUT2D eigenvalue weighted by Crippen LogP contribution is 2.17. The Balaban J connectivity index is 2.00. The van der Waals surface area contributed by atoms with E-state index in [1.165, 1.54) is 6.92 Å². The van der Waals surface area contributed by atoms with E-state index in [0.29, 0.717) is 24.9 Å². The molecule has 0 spiro atoms. The predicted octanol–water partition coefficient (Wildman–Crippen LogP) is 2.19. The van der Waals surface area contributed by atoms with E-state index in [2.05, 4.69) is 15.8 Å². The molecule has 9 nitrogen and oxygen atoms in total. The molecule has 2 amide bonds. The summed E-state index contributed by atoms with van der Waals surface area (Å²) in [5, 5.41) is 9.03. The summed E-state index contributed by atoms with van der Waals surface area (Å²) < 4.78 is 10.6. The largest absolute Gasteiger partial charge is 0.470 e. The smallest absolute Gasteiger partial charge is 0.437 e. The second-order valence-corrected chi connectivity index (χ2v) is 5.89. The van der Waals surface area contributed by atoms with Crippen LogP contribution in [0.15, 0.2) is 35.5 Å². The van der Waals surface area contributed by atoms with Crippen molar-refractivity contribution >= 4 is 29.6 Å². The van der Waals surface area contributed by atoms with Crippen LogP contribution < -0.4 is 10.6 Å². The molecule has 0 unspecified atom stereocenters. The minimum atomic E-state index is -0.792. The van der Waals surface area contributed by atoms with Gasteiger partial charge >= 0.3 is 12.1 Å². The summed E-state index contributed by atoms with van der Waals surface area (Å²) in [6, 6.07) is 8.23. The number of rotatable bonds is 6. The number of carbonyl (C=O) groups excluding carboxylic acids is 3. The van der Waals surface area contributed by atoms with Gasteiger partial charge in [0.15, 0.2) is 0 Å². The number of hydrogen-bond acceptors (Lipinski definition) is 7. The van der Waals surface area contributed by atoms with Gasteiger partial charge in [-0.1, -0.05) is 25.1 Å². The average molecular weight is 377 g/mol. The van der Waals surface area contributed by atoms with Crippen LogP contribution in [0.1, 0.15) is 33.1 Å². The Hall–Kier alpha value is -3.10. The maximum Gasteiger partial charge on any atom is 0.437 e. The summed E-state index contributed by atoms with van der Waals surface area (Å²) in [5.74, 6) is -0.538. The number of ether oxygens (including phenoxy) is 2. The Morgan fingerprint density at radius 1 is 1.22 bits per heavy atom. The molecule has 2 rings (SSSR count). The Morgan fingerprint density at radius 2 is 1.96 bits per heavy atom. The molecular weight excluding hydrogens is 354 g/mol. The summed E-state index contributed by atoms with van der Waals surface area (Å²) in [4.78, 5) is 39.4. The number of para-hydroxylation sites is 1. The maximum atomic E-state index is 11.9. The van der Waals surface area contributed by atoms with Gasteiger partial charge in [0.1, 0.15) is 18.8 Å². The van der Waals surface area contributed by atoms with Crippen molar-refractivity contribution in [3.63, 3.8) is 0 Å². The molecule has 146 valence electrons. The average Bonchev–Trinajstić information content (AvgIpc) is 2.66. The van der Waals surface area contributed by atoms with Gasteiger partial charge in [-0.25, -0.2) is 4.79 Å². The van der Waals surface area contributed by atoms with Crippen molar-refractivity contribution in [2.45, 2.75) is 45.3 Å². The zero-order valence-corrected chi connectivity index (χ0v) is 15.3. The summed E-state index contributed by atoms with van der Waals surface area (Å²) in [5.41, 5.74) is 0.552. The van der Waals surface area contributed by atoms with E-state index in [0.717, 1.165) is 0 Å². The van der Waals surface area contributed by atoms with Crippen LogP contribution in [-0.2, 0) is 23.9 Å². The molecule has 0 saturated carbocycles. The molecular formula is C18H23N3O6. The molecule has 0 aromatic heterocycles. The van der Waals surface area contributed by atoms with E-state index in [1.807, 2.05) is 6.07 Å². The van der Waals surface area contributed by atoms with E-state index in [4.69, 9.17) is 14.3 Å². The highest BCUT2D eigenvalue weighted by atomic mass is 16.7. The van der Waals surface area contributed by atoms with Crippen LogP contribution in [0.3, 0.4) is 0 Å². The fourth-order valence-corrected chi connectivity index (χ4v) is 2.38. The minimum absolute atomic E-state index is 0.0546. The zero-order chi connectivity index (χ0) is 19.6. The van der Waals surface area contributed by atoms with E-state index in [1.54, 1.807) is 31.2 Å². The van der Waals surface area contributed by atoms with Crippen LogP contribution in [0.25, 0.3) is 0 Å². The van der Waals surface area contributed by atoms with Crippen molar-refractivity contribution in [1.29, 1.82) is 0 Å². The quantitative estimate of drug-likeness (QED) is 0.446. The first-order valence-electron chi connectivity index (χ1n) is 8.68. The van der Waals surface area contributed by atoms with Gasteiger partial charge in [-0.2, -0.15) is 0 Å². The summed E-state index contributed by atoms with van der Waals surface area (Å²) >= 11 is 0. The number of benzene rings is 1. The molecule has 27 heavy (non-hydrogen) atoms. The highest BCUT2D eigenvalue weighted by molar-refractivity contribution is 5.89. The topological polar surface area (TPSA) is 115 Å². The van der Waals surface area contributed by atoms with Gasteiger partial charge in [-0.15, -0.1) is 0 Å². The third kappa shape index (κ3) is 6.96. The number of nitrogens with zero attached hydrogens (tertiary/aromatic N) is 1. The number of anilines is 1. The van der Waals surface area contributed by atoms with Gasteiger partial charge in [-0.3, -0.25) is 19.7 Å². The lowest BCUT2D eigenvalue weighted by Crippen LogP contribution is -2.47. The molecule has 0 aliphatic carbocycles. The second-order valence-electron chi connectivity index (χ2n) is 5.89. The van der Waals surface area contributed by atoms with E-state index >= 15 is 0 Å². The SMILES string of the molecule is CCC(=O)N[C@@H]1CC[C@H](COC(C)=O)OC1=NOC(=O)Nc1ccccc1. The number of hydrogen-bond donors (Lipinski definition) is 2. The van der Waals surface area contributed by atoms with Gasteiger partial charge in [0.2, 0.25) is 11.8 Å². The lowest BCUT2D eigenvalue weighted by Gasteiger charge is -2.30. The Kier molecular flexibility index (Phi) is 7.60. The lowest BCUT2D eigenvalue weighted by atomic mass is 10.0. The van der Waals surface area contributed by atoms with Crippen LogP contribution in [0.2, 0.25) is 0 Å². The van der Waals surface area contributed by atoms with Crippen LogP contribution >= 0.6 is 0 Å². The van der Waals surface area contributed by atoms with Gasteiger partial charge in [0.05, 0.1) is 0 Å². The fourth-order valence-electron chi connectivity index (χ4n) is 2.38. The molecule has 2 N–H and O–H groups in total. The molecule has 1 saturated heterocycles. The molecule has 2 atom stereocenters. The van der Waals surface area contributed by atoms with E-state index in [9.17, 15) is 14.4 Å². The summed E-state index contributed by atoms with van der Waals surface area (Å²) in [6.45, 7) is 3.08. The molecule has 1 fully saturated rings. The molecule has 9 heteroatoms. The van der Waals surface area contributed by atoms with Gasteiger partial charge in [0.25, 0.3) is 0 Å². The standard InChI is InChI=1S/C18H23N3O6/c1-3-16(23)20-15-10-9-14(11-25-12(2)22)26-17(15)21-27-18(24)19-13-7-5-4-6-8-13/h4-8,14-15H,3,9-11H2,1-2H3,(H,19,24)(H,20,23)/t14-,15-/m1/s1. The fraction of sp³-hybridized carbons (Fsp3) is 0.444. The molecule has 1 aromatic carbocycles. The van der Waals surface area contributed by atoms with Gasteiger partial charge < -0.3 is 14.8 Å². The van der Waals surface area contributed by atoms with Gasteiger partial charge in [-0.05, 0) is 30.1 Å². The number of esters is 1. The van der Waals surface area contributed by atoms with Crippen molar-refractivity contribution in [1.82, 2.24) is 5.32 Å². The van der Waals surface area contributed by atoms with Crippen molar-refractivity contribution in [3.05, 3.63) is 30.3 Å². The van der Waals surface area contributed by atoms with Crippen LogP contribution in [0.4, 0.5) is 10.5 Å². The zero-order valence-electron chi connectivity index (χ0n) is 15.3. The maximum absolute atomic E-state index is 11.9. The van der Waals surface area contributed by atoms with Crippen LogP contribution in [0, 0.1) is 0 Å². The number of oxime groups is 1. The van der Waals surface area contributed by atoms with Crippen molar-refractivity contribution in [2.24, 2.45) is 5.16 Å². The van der Waals surface area contributed by atoms with Crippen LogP contribution in [-0.4, -0.2) is 42.6 Å². The van der Waals surface area contributed by atoms with Crippen LogP contribution in [0.5, 0.6) is 0 Å². The van der Waals surface area contributed by atoms with Crippen molar-refractivity contribution < 1.29 is 28.7 Å². The Bertz CT molecular complexity index is 692. The first-order chi connectivity index (χ1) is 13.0. The predicted molar refractivity (Wildman–Crippen MR) is 96.9 cm³/mol. The van der Waals surface area contributed by atoms with Gasteiger partial charge in [0, 0.05) is 19.0 Å². The van der Waals surface area contributed by atoms with E-state index in [-0.39, 0.29) is 18.4 Å². The second kappa shape index (κ2) is 10.1. The molecule has 1 heterocycles. The first kappa shape index (κ1) is 20.2. The molecule has 0 bridgehead atoms. The third-order valence-corrected chi connectivity index (χ3v) is 3.73. The summed E-state index contributed by atoms with van der Waals surface area (Å²) in [7, 11) is 0. The van der Waals surface area contributed by atoms with Crippen molar-refractivity contribution in [3.8, 4) is 0 Å². The third-order valence-electron chi connectivity index (χ3n) is 3.73. The summed E-state index contributed by atoms with van der Waals surface area (Å²) in [6.07, 6.45) is 0.149. The molecule has 1 aliphatic heterocycles. The molecule has 1 aliphatic rings. The lowest BCUT2D eigenvalue weighted by molar-refractivity contribution is -0.144. The van der Waals surface area contributed by atoms with E-state index < -0.39 is 24.2 Å². The Labute approximate surface area is 157 Å². The minimum Gasteiger partial charge on any atom is -0.470 e. The highest BCUT2D eigenvalue weighted by Gasteiger charge is 2.31. The van der Waals surface area contributed by atoms with Crippen molar-refractivity contribution in [2.75, 3.05) is 11.9 Å². The molecule has 0 radical (unpaired) electrons. The molecule has 1 aromatic rings. The number of carbonyl (C=O) groups is 3. The number of nitrogens with one attached hydrogen (secondary N) is 2. The normalized spacial score (nSPS) is 20.3.